The van der Waals surface area contributed by atoms with E-state index in [0.29, 0.717) is 25.2 Å². The standard InChI is InChI=1S/C44H53FN6O5/c1-43(2,3)55-41(53)49-25-7-9-37(49)39-46-27-34(48-39)28-11-13-29(14-12-28)35-23-24-36(51(35)33-21-17-31(45)18-22-33)30-15-19-32(20-16-30)47-40(52)38-10-8-26-50(38)42(54)56-44(4,5)6/h11-22,27,35-38H,7-10,23-26H2,1-6H3,(H,46,48)(H,47,52)/t35-,36-,37-,38-/m0/s1. The number of nitrogens with zero attached hydrogens (tertiary/aromatic N) is 4. The van der Waals surface area contributed by atoms with Crippen LogP contribution in [0.4, 0.5) is 25.4 Å². The molecule has 4 aromatic rings. The van der Waals surface area contributed by atoms with Gasteiger partial charge in [-0.25, -0.2) is 19.0 Å². The average molecular weight is 765 g/mol. The van der Waals surface area contributed by atoms with E-state index in [1.807, 2.05) is 84.1 Å². The third-order valence-corrected chi connectivity index (χ3v) is 10.7. The second-order valence-electron chi connectivity index (χ2n) is 17.1. The van der Waals surface area contributed by atoms with E-state index in [1.54, 1.807) is 4.90 Å². The minimum Gasteiger partial charge on any atom is -0.444 e. The maximum atomic E-state index is 14.1. The number of rotatable bonds is 7. The van der Waals surface area contributed by atoms with Crippen LogP contribution in [0.3, 0.4) is 0 Å². The van der Waals surface area contributed by atoms with Crippen molar-refractivity contribution in [1.29, 1.82) is 0 Å². The van der Waals surface area contributed by atoms with E-state index in [4.69, 9.17) is 9.47 Å². The lowest BCUT2D eigenvalue weighted by atomic mass is 10.0. The summed E-state index contributed by atoms with van der Waals surface area (Å²) >= 11 is 0. The Morgan fingerprint density at radius 1 is 0.714 bits per heavy atom. The van der Waals surface area contributed by atoms with Crippen LogP contribution in [0.5, 0.6) is 0 Å². The van der Waals surface area contributed by atoms with Crippen LogP contribution in [-0.2, 0) is 14.3 Å². The number of amides is 3. The van der Waals surface area contributed by atoms with Gasteiger partial charge in [-0.1, -0.05) is 36.4 Å². The predicted molar refractivity (Wildman–Crippen MR) is 214 cm³/mol. The first kappa shape index (κ1) is 38.9. The van der Waals surface area contributed by atoms with E-state index in [-0.39, 0.29) is 35.9 Å². The van der Waals surface area contributed by atoms with Crippen LogP contribution < -0.4 is 10.2 Å². The number of halogens is 1. The number of nitrogens with one attached hydrogen (secondary N) is 2. The maximum Gasteiger partial charge on any atom is 0.410 e. The zero-order chi connectivity index (χ0) is 39.8. The number of imidazole rings is 1. The van der Waals surface area contributed by atoms with Crippen LogP contribution in [0.1, 0.15) is 115 Å². The molecular weight excluding hydrogens is 712 g/mol. The number of aromatic nitrogens is 2. The summed E-state index contributed by atoms with van der Waals surface area (Å²) in [5, 5.41) is 3.01. The molecule has 11 nitrogen and oxygen atoms in total. The number of benzene rings is 3. The molecule has 4 atom stereocenters. The molecule has 3 aliphatic heterocycles. The van der Waals surface area contributed by atoms with Crippen molar-refractivity contribution in [2.75, 3.05) is 23.3 Å². The predicted octanol–water partition coefficient (Wildman–Crippen LogP) is 9.71. The molecular formula is C44H53FN6O5. The smallest absolute Gasteiger partial charge is 0.410 e. The molecule has 3 aliphatic rings. The summed E-state index contributed by atoms with van der Waals surface area (Å²) in [6.45, 7) is 12.2. The Balaban J connectivity index is 1.06. The molecule has 0 bridgehead atoms. The highest BCUT2D eigenvalue weighted by molar-refractivity contribution is 5.97. The molecule has 7 rings (SSSR count). The molecule has 56 heavy (non-hydrogen) atoms. The second kappa shape index (κ2) is 15.6. The van der Waals surface area contributed by atoms with Crippen LogP contribution in [0, 0.1) is 5.82 Å². The molecule has 0 radical (unpaired) electrons. The second-order valence-corrected chi connectivity index (χ2v) is 17.1. The lowest BCUT2D eigenvalue weighted by Gasteiger charge is -2.33. The van der Waals surface area contributed by atoms with Crippen molar-refractivity contribution in [1.82, 2.24) is 19.8 Å². The number of hydrogen-bond donors (Lipinski definition) is 2. The van der Waals surface area contributed by atoms with E-state index in [9.17, 15) is 18.8 Å². The molecule has 0 aliphatic carbocycles. The van der Waals surface area contributed by atoms with E-state index in [1.165, 1.54) is 17.0 Å². The van der Waals surface area contributed by atoms with Gasteiger partial charge in [-0.3, -0.25) is 14.6 Å². The zero-order valence-electron chi connectivity index (χ0n) is 33.2. The van der Waals surface area contributed by atoms with Gasteiger partial charge in [0.05, 0.1) is 30.0 Å². The largest absolute Gasteiger partial charge is 0.444 e. The van der Waals surface area contributed by atoms with Gasteiger partial charge in [0.25, 0.3) is 0 Å². The molecule has 0 spiro atoms. The summed E-state index contributed by atoms with van der Waals surface area (Å²) in [5.74, 6) is 0.232. The van der Waals surface area contributed by atoms with Gasteiger partial charge in [0.15, 0.2) is 0 Å². The van der Waals surface area contributed by atoms with E-state index in [2.05, 4.69) is 44.5 Å². The number of carbonyl (C=O) groups is 3. The third-order valence-electron chi connectivity index (χ3n) is 10.7. The topological polar surface area (TPSA) is 120 Å². The molecule has 3 fully saturated rings. The summed E-state index contributed by atoms with van der Waals surface area (Å²) in [6.07, 6.45) is 5.82. The zero-order valence-corrected chi connectivity index (χ0v) is 33.2. The molecule has 3 aromatic carbocycles. The van der Waals surface area contributed by atoms with Gasteiger partial charge >= 0.3 is 12.2 Å². The van der Waals surface area contributed by atoms with Crippen molar-refractivity contribution in [3.8, 4) is 11.3 Å². The van der Waals surface area contributed by atoms with Gasteiger partial charge in [0, 0.05) is 24.5 Å². The van der Waals surface area contributed by atoms with Crippen molar-refractivity contribution in [2.24, 2.45) is 0 Å². The Hall–Kier alpha value is -5.39. The number of aromatic amines is 1. The SMILES string of the molecule is CC(C)(C)OC(=O)N1CCC[C@H]1C(=O)Nc1ccc([C@@H]2CC[C@@H](c3ccc(-c4cnc([C@@H]5CCCN5C(=O)OC(C)(C)C)[nH]4)cc3)N2c2ccc(F)cc2)cc1. The maximum absolute atomic E-state index is 14.1. The summed E-state index contributed by atoms with van der Waals surface area (Å²) in [4.78, 5) is 52.8. The average Bonchev–Trinajstić information content (AvgIpc) is 3.97. The van der Waals surface area contributed by atoms with Crippen LogP contribution in [0.15, 0.2) is 79.0 Å². The highest BCUT2D eigenvalue weighted by Gasteiger charge is 2.38. The number of carbonyl (C=O) groups excluding carboxylic acids is 3. The molecule has 3 saturated heterocycles. The van der Waals surface area contributed by atoms with Gasteiger partial charge in [0.2, 0.25) is 5.91 Å². The Labute approximate surface area is 328 Å². The number of ether oxygens (including phenoxy) is 2. The minimum absolute atomic E-state index is 0.0156. The molecule has 12 heteroatoms. The summed E-state index contributed by atoms with van der Waals surface area (Å²) in [5.41, 5.74) is 4.45. The summed E-state index contributed by atoms with van der Waals surface area (Å²) < 4.78 is 25.3. The van der Waals surface area contributed by atoms with Crippen LogP contribution in [0.2, 0.25) is 0 Å². The molecule has 4 heterocycles. The normalized spacial score (nSPS) is 21.4. The van der Waals surface area contributed by atoms with Crippen molar-refractivity contribution < 1.29 is 28.2 Å². The fourth-order valence-corrected chi connectivity index (χ4v) is 8.16. The number of likely N-dealkylation sites (tertiary alicyclic amines) is 2. The molecule has 0 unspecified atom stereocenters. The highest BCUT2D eigenvalue weighted by Crippen LogP contribution is 2.47. The van der Waals surface area contributed by atoms with Gasteiger partial charge in [-0.15, -0.1) is 0 Å². The Bertz CT molecular complexity index is 2020. The summed E-state index contributed by atoms with van der Waals surface area (Å²) in [6, 6.07) is 22.3. The number of H-pyrrole nitrogens is 1. The fourth-order valence-electron chi connectivity index (χ4n) is 8.16. The fraction of sp³-hybridized carbons (Fsp3) is 0.455. The molecule has 296 valence electrons. The van der Waals surface area contributed by atoms with Crippen molar-refractivity contribution in [2.45, 2.75) is 115 Å². The van der Waals surface area contributed by atoms with Gasteiger partial charge in [-0.2, -0.15) is 0 Å². The first-order valence-electron chi connectivity index (χ1n) is 19.7. The van der Waals surface area contributed by atoms with Gasteiger partial charge in [-0.05, 0) is 133 Å². The Morgan fingerprint density at radius 2 is 1.27 bits per heavy atom. The monoisotopic (exact) mass is 764 g/mol. The van der Waals surface area contributed by atoms with Crippen molar-refractivity contribution in [3.63, 3.8) is 0 Å². The van der Waals surface area contributed by atoms with Crippen LogP contribution in [-0.4, -0.2) is 68.2 Å². The van der Waals surface area contributed by atoms with Crippen molar-refractivity contribution >= 4 is 29.5 Å². The van der Waals surface area contributed by atoms with E-state index < -0.39 is 23.3 Å². The van der Waals surface area contributed by atoms with E-state index >= 15 is 0 Å². The van der Waals surface area contributed by atoms with Gasteiger partial charge < -0.3 is 24.7 Å². The lowest BCUT2D eigenvalue weighted by molar-refractivity contribution is -0.120. The molecule has 0 saturated carbocycles. The van der Waals surface area contributed by atoms with Crippen molar-refractivity contribution in [3.05, 3.63) is 102 Å². The van der Waals surface area contributed by atoms with E-state index in [0.717, 1.165) is 66.0 Å². The molecule has 3 amide bonds. The third kappa shape index (κ3) is 8.69. The lowest BCUT2D eigenvalue weighted by Crippen LogP contribution is -2.45. The first-order chi connectivity index (χ1) is 26.6. The minimum atomic E-state index is -0.643. The summed E-state index contributed by atoms with van der Waals surface area (Å²) in [7, 11) is 0. The molecule has 2 N–H and O–H groups in total. The number of anilines is 2. The Kier molecular flexibility index (Phi) is 10.8. The van der Waals surface area contributed by atoms with Gasteiger partial charge in [0.1, 0.15) is 28.9 Å². The Morgan fingerprint density at radius 3 is 1.88 bits per heavy atom. The number of hydrogen-bond acceptors (Lipinski definition) is 7. The highest BCUT2D eigenvalue weighted by atomic mass is 19.1. The van der Waals surface area contributed by atoms with Crippen LogP contribution in [0.25, 0.3) is 11.3 Å². The van der Waals surface area contributed by atoms with Crippen LogP contribution >= 0.6 is 0 Å². The molecule has 1 aromatic heterocycles. The quantitative estimate of drug-likeness (QED) is 0.192. The first-order valence-corrected chi connectivity index (χ1v) is 19.7.